The molecule has 1 aromatic rings. The molecule has 0 atom stereocenters. The molecule has 0 aromatic heterocycles. The van der Waals surface area contributed by atoms with Crippen LogP contribution in [0.3, 0.4) is 0 Å². The summed E-state index contributed by atoms with van der Waals surface area (Å²) in [6.45, 7) is 4.22. The first kappa shape index (κ1) is 12.5. The van der Waals surface area contributed by atoms with Gasteiger partial charge in [0.2, 0.25) is 0 Å². The van der Waals surface area contributed by atoms with Crippen molar-refractivity contribution in [2.45, 2.75) is 26.7 Å². The zero-order valence-electron chi connectivity index (χ0n) is 10.7. The Morgan fingerprint density at radius 1 is 1.33 bits per heavy atom. The second-order valence-electron chi connectivity index (χ2n) is 4.28. The number of hydrogen-bond acceptors (Lipinski definition) is 3. The summed E-state index contributed by atoms with van der Waals surface area (Å²) in [5.74, 6) is 0. The van der Waals surface area contributed by atoms with E-state index in [2.05, 4.69) is 29.9 Å². The zero-order chi connectivity index (χ0) is 13.0. The van der Waals surface area contributed by atoms with Crippen molar-refractivity contribution in [3.05, 3.63) is 41.0 Å². The summed E-state index contributed by atoms with van der Waals surface area (Å²) in [5, 5.41) is 0. The lowest BCUT2D eigenvalue weighted by Crippen LogP contribution is -2.37. The van der Waals surface area contributed by atoms with Crippen molar-refractivity contribution in [2.75, 3.05) is 6.61 Å². The maximum absolute atomic E-state index is 11.3. The van der Waals surface area contributed by atoms with Crippen molar-refractivity contribution in [2.24, 2.45) is 0 Å². The van der Waals surface area contributed by atoms with Gasteiger partial charge in [-0.3, -0.25) is 5.43 Å². The van der Waals surface area contributed by atoms with E-state index in [9.17, 15) is 4.79 Å². The van der Waals surface area contributed by atoms with E-state index < -0.39 is 6.09 Å². The number of ether oxygens (including phenoxy) is 1. The number of amides is 1. The number of carbonyl (C=O) groups is 1. The summed E-state index contributed by atoms with van der Waals surface area (Å²) >= 11 is 0. The molecule has 0 aliphatic heterocycles. The van der Waals surface area contributed by atoms with Gasteiger partial charge in [0, 0.05) is 5.56 Å². The zero-order valence-corrected chi connectivity index (χ0v) is 10.7. The number of nitrogens with one attached hydrogen (secondary N) is 2. The number of hydrogen-bond donors (Lipinski definition) is 2. The minimum absolute atomic E-state index is 0.363. The smallest absolute Gasteiger partial charge is 0.425 e. The van der Waals surface area contributed by atoms with Gasteiger partial charge < -0.3 is 4.74 Å². The van der Waals surface area contributed by atoms with Gasteiger partial charge in [-0.1, -0.05) is 24.3 Å². The van der Waals surface area contributed by atoms with Crippen LogP contribution in [-0.2, 0) is 11.2 Å². The van der Waals surface area contributed by atoms with Crippen LogP contribution in [0.2, 0.25) is 0 Å². The van der Waals surface area contributed by atoms with Gasteiger partial charge in [0.05, 0.1) is 12.3 Å². The molecule has 1 aliphatic carbocycles. The van der Waals surface area contributed by atoms with Crippen LogP contribution in [0.4, 0.5) is 4.79 Å². The van der Waals surface area contributed by atoms with E-state index >= 15 is 0 Å². The molecule has 96 valence electrons. The van der Waals surface area contributed by atoms with Gasteiger partial charge in [-0.25, -0.2) is 10.2 Å². The fraction of sp³-hybridized carbons (Fsp3) is 0.357. The molecule has 18 heavy (non-hydrogen) atoms. The third-order valence-corrected chi connectivity index (χ3v) is 3.05. The van der Waals surface area contributed by atoms with Crippen molar-refractivity contribution in [3.63, 3.8) is 0 Å². The topological polar surface area (TPSA) is 50.4 Å². The standard InChI is InChI=1S/C14H18N2O2/c1-3-18-14(17)16-15-13-10(2)8-9-11-6-4-5-7-12(11)13/h4-7,15H,3,8-9H2,1-2H3,(H,16,17). The Kier molecular flexibility index (Phi) is 3.87. The lowest BCUT2D eigenvalue weighted by atomic mass is 9.90. The highest BCUT2D eigenvalue weighted by molar-refractivity contribution is 5.74. The molecular formula is C14H18N2O2. The minimum Gasteiger partial charge on any atom is -0.449 e. The van der Waals surface area contributed by atoms with Crippen molar-refractivity contribution < 1.29 is 9.53 Å². The van der Waals surface area contributed by atoms with Gasteiger partial charge >= 0.3 is 6.09 Å². The van der Waals surface area contributed by atoms with Crippen LogP contribution in [0.1, 0.15) is 31.4 Å². The second-order valence-corrected chi connectivity index (χ2v) is 4.28. The first-order valence-electron chi connectivity index (χ1n) is 6.19. The van der Waals surface area contributed by atoms with E-state index in [0.29, 0.717) is 6.61 Å². The predicted molar refractivity (Wildman–Crippen MR) is 70.7 cm³/mol. The normalized spacial score (nSPS) is 13.9. The average Bonchev–Trinajstić information content (AvgIpc) is 2.38. The van der Waals surface area contributed by atoms with Crippen molar-refractivity contribution in [1.82, 2.24) is 10.9 Å². The predicted octanol–water partition coefficient (Wildman–Crippen LogP) is 2.61. The number of benzene rings is 1. The molecule has 2 rings (SSSR count). The monoisotopic (exact) mass is 246 g/mol. The quantitative estimate of drug-likeness (QED) is 0.806. The Morgan fingerprint density at radius 2 is 2.11 bits per heavy atom. The molecule has 0 saturated carbocycles. The van der Waals surface area contributed by atoms with Gasteiger partial charge in [-0.2, -0.15) is 0 Å². The van der Waals surface area contributed by atoms with Gasteiger partial charge in [0.25, 0.3) is 0 Å². The summed E-state index contributed by atoms with van der Waals surface area (Å²) in [6.07, 6.45) is 1.59. The molecule has 0 radical (unpaired) electrons. The molecule has 4 nitrogen and oxygen atoms in total. The lowest BCUT2D eigenvalue weighted by Gasteiger charge is -2.22. The summed E-state index contributed by atoms with van der Waals surface area (Å²) in [4.78, 5) is 11.3. The number of fused-ring (bicyclic) bond motifs is 1. The van der Waals surface area contributed by atoms with Gasteiger partial charge in [0.15, 0.2) is 0 Å². The number of carbonyl (C=O) groups excluding carboxylic acids is 1. The SMILES string of the molecule is CCOC(=O)NNC1=C(C)CCc2ccccc21. The molecule has 0 spiro atoms. The third-order valence-electron chi connectivity index (χ3n) is 3.05. The number of hydrazine groups is 1. The van der Waals surface area contributed by atoms with E-state index in [1.807, 2.05) is 12.1 Å². The Bertz CT molecular complexity index is 480. The molecule has 4 heteroatoms. The summed E-state index contributed by atoms with van der Waals surface area (Å²) in [7, 11) is 0. The molecule has 0 saturated heterocycles. The fourth-order valence-electron chi connectivity index (χ4n) is 2.11. The highest BCUT2D eigenvalue weighted by Crippen LogP contribution is 2.28. The first-order chi connectivity index (χ1) is 8.72. The largest absolute Gasteiger partial charge is 0.449 e. The minimum atomic E-state index is -0.458. The Hall–Kier alpha value is -1.97. The Labute approximate surface area is 107 Å². The van der Waals surface area contributed by atoms with Crippen LogP contribution in [0.5, 0.6) is 0 Å². The van der Waals surface area contributed by atoms with Gasteiger partial charge in [0.1, 0.15) is 0 Å². The van der Waals surface area contributed by atoms with Crippen LogP contribution in [0, 0.1) is 0 Å². The van der Waals surface area contributed by atoms with Gasteiger partial charge in [-0.15, -0.1) is 0 Å². The van der Waals surface area contributed by atoms with Crippen molar-refractivity contribution in [3.8, 4) is 0 Å². The molecular weight excluding hydrogens is 228 g/mol. The highest BCUT2D eigenvalue weighted by Gasteiger charge is 2.16. The summed E-state index contributed by atoms with van der Waals surface area (Å²) in [6, 6.07) is 8.22. The first-order valence-corrected chi connectivity index (χ1v) is 6.19. The number of rotatable bonds is 3. The summed E-state index contributed by atoms with van der Waals surface area (Å²) < 4.78 is 4.82. The molecule has 0 fully saturated rings. The van der Waals surface area contributed by atoms with Crippen molar-refractivity contribution >= 4 is 11.8 Å². The average molecular weight is 246 g/mol. The molecule has 1 aromatic carbocycles. The number of aryl methyl sites for hydroxylation is 1. The van der Waals surface area contributed by atoms with E-state index in [4.69, 9.17) is 4.74 Å². The van der Waals surface area contributed by atoms with Crippen LogP contribution in [0.15, 0.2) is 29.8 Å². The molecule has 0 bridgehead atoms. The maximum Gasteiger partial charge on any atom is 0.425 e. The van der Waals surface area contributed by atoms with Gasteiger partial charge in [-0.05, 0) is 37.8 Å². The Morgan fingerprint density at radius 3 is 2.89 bits per heavy atom. The maximum atomic E-state index is 11.3. The fourth-order valence-corrected chi connectivity index (χ4v) is 2.11. The van der Waals surface area contributed by atoms with E-state index in [0.717, 1.165) is 24.1 Å². The third kappa shape index (κ3) is 2.64. The van der Waals surface area contributed by atoms with Crippen molar-refractivity contribution in [1.29, 1.82) is 0 Å². The molecule has 0 unspecified atom stereocenters. The second kappa shape index (κ2) is 5.58. The Balaban J connectivity index is 2.13. The van der Waals surface area contributed by atoms with Crippen LogP contribution in [0.25, 0.3) is 5.70 Å². The molecule has 1 aliphatic rings. The molecule has 1 amide bonds. The van der Waals surface area contributed by atoms with Crippen LogP contribution in [-0.4, -0.2) is 12.7 Å². The molecule has 0 heterocycles. The van der Waals surface area contributed by atoms with E-state index in [1.54, 1.807) is 6.92 Å². The highest BCUT2D eigenvalue weighted by atomic mass is 16.5. The van der Waals surface area contributed by atoms with Crippen LogP contribution >= 0.6 is 0 Å². The molecule has 2 N–H and O–H groups in total. The lowest BCUT2D eigenvalue weighted by molar-refractivity contribution is 0.149. The van der Waals surface area contributed by atoms with E-state index in [1.165, 1.54) is 11.1 Å². The number of allylic oxidation sites excluding steroid dienone is 1. The van der Waals surface area contributed by atoms with Crippen LogP contribution < -0.4 is 10.9 Å². The van der Waals surface area contributed by atoms with E-state index in [-0.39, 0.29) is 0 Å². The summed E-state index contributed by atoms with van der Waals surface area (Å²) in [5.41, 5.74) is 10.2.